The molecule has 0 bridgehead atoms. The molecule has 4 atom stereocenters. The molecule has 86 valence electrons. The van der Waals surface area contributed by atoms with Crippen molar-refractivity contribution in [1.29, 1.82) is 0 Å². The lowest BCUT2D eigenvalue weighted by Crippen LogP contribution is -2.51. The average Bonchev–Trinajstić information content (AvgIpc) is 2.25. The largest absolute Gasteiger partial charge is 0.394 e. The number of terminal acetylenes is 1. The third kappa shape index (κ3) is 3.83. The summed E-state index contributed by atoms with van der Waals surface area (Å²) < 4.78 is 0. The molecule has 0 heterocycles. The van der Waals surface area contributed by atoms with Crippen LogP contribution in [0.25, 0.3) is 0 Å². The van der Waals surface area contributed by atoms with E-state index < -0.39 is 36.9 Å². The van der Waals surface area contributed by atoms with Crippen LogP contribution in [0.1, 0.15) is 0 Å². The van der Waals surface area contributed by atoms with Crippen molar-refractivity contribution in [3.63, 3.8) is 0 Å². The number of carbonyl (C=O) groups is 1. The minimum absolute atomic E-state index is 0.818. The molecule has 0 rings (SSSR count). The highest BCUT2D eigenvalue weighted by Crippen LogP contribution is 2.04. The van der Waals surface area contributed by atoms with Crippen LogP contribution in [0.5, 0.6) is 0 Å². The molecule has 0 aromatic heterocycles. The maximum Gasteiger partial charge on any atom is 0.263 e. The van der Waals surface area contributed by atoms with Crippen LogP contribution in [-0.2, 0) is 4.79 Å². The van der Waals surface area contributed by atoms with Crippen molar-refractivity contribution < 1.29 is 30.3 Å². The smallest absolute Gasteiger partial charge is 0.263 e. The first-order valence-electron chi connectivity index (χ1n) is 4.04. The Bertz CT molecular complexity index is 250. The van der Waals surface area contributed by atoms with Gasteiger partial charge < -0.3 is 25.5 Å². The summed E-state index contributed by atoms with van der Waals surface area (Å²) >= 11 is 0. The van der Waals surface area contributed by atoms with E-state index in [1.165, 1.54) is 0 Å². The topological polar surface area (TPSA) is 130 Å². The van der Waals surface area contributed by atoms with Crippen molar-refractivity contribution in [3.05, 3.63) is 0 Å². The van der Waals surface area contributed by atoms with E-state index in [-0.39, 0.29) is 0 Å². The minimum Gasteiger partial charge on any atom is -0.394 e. The van der Waals surface area contributed by atoms with Gasteiger partial charge in [0.25, 0.3) is 5.91 Å². The van der Waals surface area contributed by atoms with Crippen molar-refractivity contribution >= 4 is 5.91 Å². The van der Waals surface area contributed by atoms with Crippen LogP contribution >= 0.6 is 0 Å². The Hall–Kier alpha value is -1.17. The van der Waals surface area contributed by atoms with Gasteiger partial charge in [-0.2, -0.15) is 0 Å². The Balaban J connectivity index is 4.37. The quantitative estimate of drug-likeness (QED) is 0.207. The van der Waals surface area contributed by atoms with Crippen molar-refractivity contribution in [2.45, 2.75) is 24.4 Å². The molecule has 0 saturated heterocycles. The van der Waals surface area contributed by atoms with E-state index in [0.717, 1.165) is 0 Å². The van der Waals surface area contributed by atoms with Crippen LogP contribution in [0, 0.1) is 12.5 Å². The second-order valence-electron chi connectivity index (χ2n) is 2.81. The molecular formula is C8H13NO6. The first-order valence-corrected chi connectivity index (χ1v) is 4.04. The van der Waals surface area contributed by atoms with Crippen molar-refractivity contribution in [1.82, 2.24) is 5.32 Å². The minimum atomic E-state index is -1.99. The molecule has 0 unspecified atom stereocenters. The molecule has 0 aliphatic rings. The first kappa shape index (κ1) is 13.8. The van der Waals surface area contributed by atoms with Crippen LogP contribution in [0.2, 0.25) is 0 Å². The number of hydrogen-bond donors (Lipinski definition) is 6. The fourth-order valence-corrected chi connectivity index (χ4v) is 0.823. The standard InChI is InChI=1S/C8H13NO6/c1-2-9-8(15)7(14)6(13)5(12)4(11)3-10/h1,4-7,10-14H,3H2,(H,9,15)/t4-,5-,6+,7-/m1/s1. The van der Waals surface area contributed by atoms with E-state index in [0.29, 0.717) is 0 Å². The lowest BCUT2D eigenvalue weighted by molar-refractivity contribution is -0.147. The SMILES string of the molecule is C#CNC(=O)[C@H](O)[C@@H](O)[C@H](O)[C@H](O)CO. The highest BCUT2D eigenvalue weighted by molar-refractivity contribution is 5.82. The van der Waals surface area contributed by atoms with Gasteiger partial charge in [-0.25, -0.2) is 0 Å². The third-order valence-electron chi connectivity index (χ3n) is 1.72. The van der Waals surface area contributed by atoms with Gasteiger partial charge >= 0.3 is 0 Å². The highest BCUT2D eigenvalue weighted by Gasteiger charge is 2.33. The number of carbonyl (C=O) groups excluding carboxylic acids is 1. The second kappa shape index (κ2) is 6.34. The van der Waals surface area contributed by atoms with E-state index in [1.807, 2.05) is 0 Å². The van der Waals surface area contributed by atoms with Gasteiger partial charge in [0.15, 0.2) is 6.10 Å². The van der Waals surface area contributed by atoms with Gasteiger partial charge in [-0.05, 0) is 0 Å². The number of amides is 1. The van der Waals surface area contributed by atoms with Gasteiger partial charge in [0, 0.05) is 6.04 Å². The summed E-state index contributed by atoms with van der Waals surface area (Å²) in [5, 5.41) is 46.5. The summed E-state index contributed by atoms with van der Waals surface area (Å²) in [5.74, 6) is -1.09. The fraction of sp³-hybridized carbons (Fsp3) is 0.625. The highest BCUT2D eigenvalue weighted by atomic mass is 16.4. The summed E-state index contributed by atoms with van der Waals surface area (Å²) in [6, 6.07) is 1.72. The molecular weight excluding hydrogens is 206 g/mol. The molecule has 6 N–H and O–H groups in total. The summed E-state index contributed by atoms with van der Waals surface area (Å²) in [7, 11) is 0. The predicted octanol–water partition coefficient (Wildman–Crippen LogP) is -3.87. The Labute approximate surface area is 86.0 Å². The van der Waals surface area contributed by atoms with E-state index >= 15 is 0 Å². The fourth-order valence-electron chi connectivity index (χ4n) is 0.823. The molecule has 0 aromatic rings. The predicted molar refractivity (Wildman–Crippen MR) is 48.1 cm³/mol. The van der Waals surface area contributed by atoms with Gasteiger partial charge in [0.1, 0.15) is 18.3 Å². The van der Waals surface area contributed by atoms with Crippen molar-refractivity contribution in [2.24, 2.45) is 0 Å². The zero-order valence-corrected chi connectivity index (χ0v) is 7.74. The zero-order chi connectivity index (χ0) is 12.0. The van der Waals surface area contributed by atoms with Crippen LogP contribution in [0.4, 0.5) is 0 Å². The first-order chi connectivity index (χ1) is 6.95. The number of aliphatic hydroxyl groups excluding tert-OH is 5. The van der Waals surface area contributed by atoms with Crippen LogP contribution in [0.3, 0.4) is 0 Å². The zero-order valence-electron chi connectivity index (χ0n) is 7.74. The molecule has 0 saturated carbocycles. The van der Waals surface area contributed by atoms with E-state index in [1.54, 1.807) is 11.4 Å². The van der Waals surface area contributed by atoms with Gasteiger partial charge in [-0.15, -0.1) is 0 Å². The van der Waals surface area contributed by atoms with Crippen LogP contribution in [-0.4, -0.2) is 62.5 Å². The number of rotatable bonds is 5. The maximum atomic E-state index is 10.9. The van der Waals surface area contributed by atoms with Gasteiger partial charge in [0.05, 0.1) is 6.61 Å². The summed E-state index contributed by atoms with van der Waals surface area (Å²) in [6.07, 6.45) is -2.74. The Morgan fingerprint density at radius 3 is 2.20 bits per heavy atom. The van der Waals surface area contributed by atoms with E-state index in [9.17, 15) is 9.90 Å². The summed E-state index contributed by atoms with van der Waals surface area (Å²) in [5.41, 5.74) is 0. The lowest BCUT2D eigenvalue weighted by atomic mass is 10.0. The van der Waals surface area contributed by atoms with E-state index in [4.69, 9.17) is 26.8 Å². The molecule has 0 fully saturated rings. The number of nitrogens with one attached hydrogen (secondary N) is 1. The lowest BCUT2D eigenvalue weighted by Gasteiger charge is -2.24. The molecule has 0 radical (unpaired) electrons. The normalized spacial score (nSPS) is 18.4. The van der Waals surface area contributed by atoms with Gasteiger partial charge in [-0.1, -0.05) is 6.42 Å². The number of hydrogen-bond acceptors (Lipinski definition) is 6. The molecule has 7 nitrogen and oxygen atoms in total. The molecule has 0 aliphatic heterocycles. The summed E-state index contributed by atoms with van der Waals surface area (Å²) in [4.78, 5) is 10.9. The van der Waals surface area contributed by atoms with Crippen LogP contribution in [0.15, 0.2) is 0 Å². The average molecular weight is 219 g/mol. The van der Waals surface area contributed by atoms with Gasteiger partial charge in [-0.3, -0.25) is 10.1 Å². The maximum absolute atomic E-state index is 10.9. The summed E-state index contributed by atoms with van der Waals surface area (Å²) in [6.45, 7) is -0.818. The molecule has 0 aliphatic carbocycles. The Morgan fingerprint density at radius 2 is 1.80 bits per heavy atom. The van der Waals surface area contributed by atoms with Gasteiger partial charge in [0.2, 0.25) is 0 Å². The molecule has 15 heavy (non-hydrogen) atoms. The molecule has 1 amide bonds. The monoisotopic (exact) mass is 219 g/mol. The molecule has 0 spiro atoms. The van der Waals surface area contributed by atoms with Crippen molar-refractivity contribution in [3.8, 4) is 12.5 Å². The third-order valence-corrected chi connectivity index (χ3v) is 1.72. The molecule has 7 heteroatoms. The second-order valence-corrected chi connectivity index (χ2v) is 2.81. The van der Waals surface area contributed by atoms with Crippen LogP contribution < -0.4 is 5.32 Å². The molecule has 0 aromatic carbocycles. The number of aliphatic hydroxyl groups is 5. The Kier molecular flexibility index (Phi) is 5.84. The van der Waals surface area contributed by atoms with Crippen molar-refractivity contribution in [2.75, 3.05) is 6.61 Å². The van der Waals surface area contributed by atoms with E-state index in [2.05, 4.69) is 0 Å². The Morgan fingerprint density at radius 1 is 1.27 bits per heavy atom.